The Balaban J connectivity index is 3.04. The summed E-state index contributed by atoms with van der Waals surface area (Å²) >= 11 is 0. The number of aliphatic hydroxyl groups excluding tert-OH is 3. The maximum absolute atomic E-state index is 10.6. The maximum atomic E-state index is 10.6. The van der Waals surface area contributed by atoms with Gasteiger partial charge in [-0.15, -0.1) is 0 Å². The fourth-order valence-corrected chi connectivity index (χ4v) is 2.01. The Hall–Kier alpha value is -0.980. The van der Waals surface area contributed by atoms with Crippen LogP contribution in [0.2, 0.25) is 0 Å². The molecule has 4 N–H and O–H groups in total. The molecule has 0 radical (unpaired) electrons. The molecule has 12 heteroatoms. The Kier molecular flexibility index (Phi) is 4.84. The third-order valence-electron chi connectivity index (χ3n) is 2.26. The minimum absolute atomic E-state index is 0.744. The molecular weight excluding hydrogens is 274 g/mol. The van der Waals surface area contributed by atoms with Gasteiger partial charge in [-0.2, -0.15) is 8.42 Å². The molecule has 0 aliphatic carbocycles. The molecule has 0 bridgehead atoms. The third kappa shape index (κ3) is 3.51. The van der Waals surface area contributed by atoms with Gasteiger partial charge in [0, 0.05) is 4.91 Å². The van der Waals surface area contributed by atoms with E-state index in [0.717, 1.165) is 0 Å². The van der Waals surface area contributed by atoms with Crippen molar-refractivity contribution in [1.82, 2.24) is 0 Å². The minimum atomic E-state index is -4.95. The van der Waals surface area contributed by atoms with E-state index < -0.39 is 47.6 Å². The highest BCUT2D eigenvalue weighted by Crippen LogP contribution is 2.25. The summed E-state index contributed by atoms with van der Waals surface area (Å²) in [6.07, 6.45) is -6.65. The normalized spacial score (nSPS) is 37.0. The van der Waals surface area contributed by atoms with Crippen LogP contribution < -0.4 is 0 Å². The number of azide groups is 1. The maximum Gasteiger partial charge on any atom is 0.397 e. The molecule has 104 valence electrons. The first kappa shape index (κ1) is 15.1. The minimum Gasteiger partial charge on any atom is -0.394 e. The highest BCUT2D eigenvalue weighted by Gasteiger charge is 2.46. The van der Waals surface area contributed by atoms with E-state index in [0.29, 0.717) is 0 Å². The highest BCUT2D eigenvalue weighted by molar-refractivity contribution is 7.80. The molecule has 11 nitrogen and oxygen atoms in total. The quantitative estimate of drug-likeness (QED) is 0.196. The molecule has 18 heavy (non-hydrogen) atoms. The van der Waals surface area contributed by atoms with Gasteiger partial charge in [0.05, 0.1) is 6.61 Å². The molecule has 0 aromatic rings. The largest absolute Gasteiger partial charge is 0.397 e. The zero-order valence-corrected chi connectivity index (χ0v) is 9.58. The molecule has 0 aromatic heterocycles. The van der Waals surface area contributed by atoms with Gasteiger partial charge in [-0.25, -0.2) is 4.18 Å². The summed E-state index contributed by atoms with van der Waals surface area (Å²) in [5.74, 6) is 0. The summed E-state index contributed by atoms with van der Waals surface area (Å²) in [5, 5.41) is 30.9. The summed E-state index contributed by atoms with van der Waals surface area (Å²) in [6.45, 7) is -0.744. The number of nitrogens with zero attached hydrogens (tertiary/aromatic N) is 3. The number of hydrogen-bond donors (Lipinski definition) is 4. The Bertz CT molecular complexity index is 434. The van der Waals surface area contributed by atoms with Crippen LogP contribution in [-0.4, -0.2) is 65.5 Å². The lowest BCUT2D eigenvalue weighted by molar-refractivity contribution is -0.244. The van der Waals surface area contributed by atoms with E-state index in [9.17, 15) is 18.6 Å². The van der Waals surface area contributed by atoms with Gasteiger partial charge < -0.3 is 20.1 Å². The topological polar surface area (TPSA) is 182 Å². The van der Waals surface area contributed by atoms with Crippen LogP contribution in [-0.2, 0) is 19.3 Å². The van der Waals surface area contributed by atoms with Crippen molar-refractivity contribution in [2.45, 2.75) is 30.6 Å². The van der Waals surface area contributed by atoms with Gasteiger partial charge in [0.2, 0.25) is 0 Å². The molecule has 1 heterocycles. The monoisotopic (exact) mass is 285 g/mol. The van der Waals surface area contributed by atoms with Crippen molar-refractivity contribution >= 4 is 10.4 Å². The van der Waals surface area contributed by atoms with Crippen molar-refractivity contribution in [3.63, 3.8) is 0 Å². The molecule has 0 saturated carbocycles. The first-order valence-corrected chi connectivity index (χ1v) is 5.99. The van der Waals surface area contributed by atoms with Crippen LogP contribution in [0.1, 0.15) is 0 Å². The molecule has 1 fully saturated rings. The van der Waals surface area contributed by atoms with Crippen molar-refractivity contribution in [2.75, 3.05) is 6.61 Å². The average molecular weight is 285 g/mol. The standard InChI is InChI=1S/C6H11N3O8S/c7-9-8-3-5(17-18(13,14)15)4(11)2(1-10)16-6(3)12/h2-6,10-12H,1H2,(H,13,14,15)/t2?,3-,4+,5?,6?/m0/s1. The molecule has 1 aliphatic heterocycles. The van der Waals surface area contributed by atoms with Gasteiger partial charge in [0.1, 0.15) is 24.4 Å². The molecule has 3 unspecified atom stereocenters. The van der Waals surface area contributed by atoms with E-state index in [2.05, 4.69) is 14.2 Å². The van der Waals surface area contributed by atoms with E-state index in [1.165, 1.54) is 0 Å². The van der Waals surface area contributed by atoms with Crippen molar-refractivity contribution in [1.29, 1.82) is 0 Å². The van der Waals surface area contributed by atoms with Gasteiger partial charge in [0.25, 0.3) is 0 Å². The van der Waals surface area contributed by atoms with Crippen LogP contribution in [0.5, 0.6) is 0 Å². The molecule has 1 aliphatic rings. The predicted octanol–water partition coefficient (Wildman–Crippen LogP) is -2.08. The molecule has 0 spiro atoms. The smallest absolute Gasteiger partial charge is 0.394 e. The van der Waals surface area contributed by atoms with Crippen LogP contribution in [0.25, 0.3) is 10.4 Å². The van der Waals surface area contributed by atoms with Crippen LogP contribution in [0, 0.1) is 0 Å². The lowest BCUT2D eigenvalue weighted by atomic mass is 9.98. The third-order valence-corrected chi connectivity index (χ3v) is 2.72. The Morgan fingerprint density at radius 3 is 2.50 bits per heavy atom. The molecule has 1 saturated heterocycles. The fraction of sp³-hybridized carbons (Fsp3) is 1.00. The van der Waals surface area contributed by atoms with Gasteiger partial charge >= 0.3 is 10.4 Å². The van der Waals surface area contributed by atoms with Crippen molar-refractivity contribution in [3.8, 4) is 0 Å². The number of rotatable bonds is 4. The van der Waals surface area contributed by atoms with Gasteiger partial charge in [-0.05, 0) is 5.53 Å². The van der Waals surface area contributed by atoms with E-state index in [1.54, 1.807) is 0 Å². The second-order valence-electron chi connectivity index (χ2n) is 3.42. The van der Waals surface area contributed by atoms with Crippen LogP contribution in [0.4, 0.5) is 0 Å². The molecule has 5 atom stereocenters. The summed E-state index contributed by atoms with van der Waals surface area (Å²) in [4.78, 5) is 2.33. The van der Waals surface area contributed by atoms with Crippen LogP contribution in [0.3, 0.4) is 0 Å². The van der Waals surface area contributed by atoms with E-state index in [4.69, 9.17) is 19.9 Å². The van der Waals surface area contributed by atoms with Crippen molar-refractivity contribution in [2.24, 2.45) is 5.11 Å². The molecule has 0 aromatic carbocycles. The predicted molar refractivity (Wildman–Crippen MR) is 53.3 cm³/mol. The summed E-state index contributed by atoms with van der Waals surface area (Å²) in [7, 11) is -4.95. The Labute approximate surface area is 101 Å². The lowest BCUT2D eigenvalue weighted by Crippen LogP contribution is -2.59. The average Bonchev–Trinajstić information content (AvgIpc) is 2.26. The Morgan fingerprint density at radius 1 is 1.44 bits per heavy atom. The second kappa shape index (κ2) is 5.77. The molecule has 0 amide bonds. The summed E-state index contributed by atoms with van der Waals surface area (Å²) in [6, 6.07) is -1.60. The van der Waals surface area contributed by atoms with Gasteiger partial charge in [-0.3, -0.25) is 4.55 Å². The zero-order chi connectivity index (χ0) is 13.9. The van der Waals surface area contributed by atoms with Crippen LogP contribution in [0.15, 0.2) is 5.11 Å². The number of hydrogen-bond acceptors (Lipinski definition) is 8. The summed E-state index contributed by atoms with van der Waals surface area (Å²) < 4.78 is 38.5. The second-order valence-corrected chi connectivity index (χ2v) is 4.47. The van der Waals surface area contributed by atoms with Crippen LogP contribution >= 0.6 is 0 Å². The Morgan fingerprint density at radius 2 is 2.06 bits per heavy atom. The van der Waals surface area contributed by atoms with Crippen molar-refractivity contribution < 1.29 is 37.2 Å². The SMILES string of the molecule is [N-]=[N+]=N[C@@H]1C(O)OC(CO)[C@@H](O)C1OS(=O)(=O)O. The van der Waals surface area contributed by atoms with E-state index >= 15 is 0 Å². The number of aliphatic hydroxyl groups is 3. The lowest BCUT2D eigenvalue weighted by Gasteiger charge is -2.39. The van der Waals surface area contributed by atoms with E-state index in [-0.39, 0.29) is 0 Å². The fourth-order valence-electron chi connectivity index (χ4n) is 1.50. The first-order chi connectivity index (χ1) is 8.30. The first-order valence-electron chi connectivity index (χ1n) is 4.62. The van der Waals surface area contributed by atoms with Crippen molar-refractivity contribution in [3.05, 3.63) is 10.4 Å². The van der Waals surface area contributed by atoms with Gasteiger partial charge in [0.15, 0.2) is 6.29 Å². The molecular formula is C6H11N3O8S. The molecule has 1 rings (SSSR count). The number of ether oxygens (including phenoxy) is 1. The summed E-state index contributed by atoms with van der Waals surface area (Å²) in [5.41, 5.74) is 8.25. The zero-order valence-electron chi connectivity index (χ0n) is 8.77. The van der Waals surface area contributed by atoms with E-state index in [1.807, 2.05) is 0 Å². The highest BCUT2D eigenvalue weighted by atomic mass is 32.3. The van der Waals surface area contributed by atoms with Gasteiger partial charge in [-0.1, -0.05) is 5.11 Å².